The highest BCUT2D eigenvalue weighted by Crippen LogP contribution is 2.42. The Bertz CT molecular complexity index is 336. The van der Waals surface area contributed by atoms with Crippen LogP contribution in [0, 0.1) is 11.3 Å². The van der Waals surface area contributed by atoms with Gasteiger partial charge in [-0.2, -0.15) is 0 Å². The molecule has 1 saturated carbocycles. The quantitative estimate of drug-likeness (QED) is 0.672. The van der Waals surface area contributed by atoms with Gasteiger partial charge in [0.15, 0.2) is 0 Å². The molecule has 0 aromatic rings. The third-order valence-corrected chi connectivity index (χ3v) is 3.99. The van der Waals surface area contributed by atoms with E-state index in [2.05, 4.69) is 24.5 Å². The molecule has 0 heterocycles. The second-order valence-electron chi connectivity index (χ2n) is 6.63. The largest absolute Gasteiger partial charge is 0.481 e. The van der Waals surface area contributed by atoms with Crippen LogP contribution in [0.5, 0.6) is 0 Å². The van der Waals surface area contributed by atoms with Crippen LogP contribution in [-0.2, 0) is 4.79 Å². The zero-order valence-electron chi connectivity index (χ0n) is 12.9. The van der Waals surface area contributed by atoms with Crippen molar-refractivity contribution in [2.24, 2.45) is 11.3 Å². The van der Waals surface area contributed by atoms with Crippen LogP contribution in [-0.4, -0.2) is 29.7 Å². The highest BCUT2D eigenvalue weighted by Gasteiger charge is 2.34. The summed E-state index contributed by atoms with van der Waals surface area (Å²) in [7, 11) is 0. The molecule has 116 valence electrons. The molecule has 0 spiro atoms. The second-order valence-corrected chi connectivity index (χ2v) is 6.63. The van der Waals surface area contributed by atoms with E-state index in [0.717, 1.165) is 6.42 Å². The van der Waals surface area contributed by atoms with Crippen LogP contribution < -0.4 is 10.6 Å². The van der Waals surface area contributed by atoms with Crippen LogP contribution in [0.25, 0.3) is 0 Å². The van der Waals surface area contributed by atoms with E-state index in [0.29, 0.717) is 12.5 Å². The molecule has 0 radical (unpaired) electrons. The zero-order valence-corrected chi connectivity index (χ0v) is 12.9. The molecule has 0 aromatic carbocycles. The monoisotopic (exact) mass is 284 g/mol. The Hall–Kier alpha value is -1.26. The van der Waals surface area contributed by atoms with Gasteiger partial charge in [0.2, 0.25) is 0 Å². The van der Waals surface area contributed by atoms with Gasteiger partial charge in [0, 0.05) is 12.6 Å². The molecule has 1 atom stereocenters. The number of carbonyl (C=O) groups is 2. The molecule has 0 saturated heterocycles. The van der Waals surface area contributed by atoms with E-state index in [9.17, 15) is 9.59 Å². The van der Waals surface area contributed by atoms with E-state index >= 15 is 0 Å². The van der Waals surface area contributed by atoms with Crippen molar-refractivity contribution >= 4 is 12.0 Å². The number of hydrogen-bond donors (Lipinski definition) is 3. The smallest absolute Gasteiger partial charge is 0.315 e. The van der Waals surface area contributed by atoms with Crippen molar-refractivity contribution in [2.75, 3.05) is 6.54 Å². The molecule has 20 heavy (non-hydrogen) atoms. The van der Waals surface area contributed by atoms with E-state index in [4.69, 9.17) is 5.11 Å². The van der Waals surface area contributed by atoms with Gasteiger partial charge in [-0.05, 0) is 37.5 Å². The summed E-state index contributed by atoms with van der Waals surface area (Å²) in [4.78, 5) is 22.4. The number of amides is 2. The summed E-state index contributed by atoms with van der Waals surface area (Å²) in [6.07, 6.45) is 5.92. The van der Waals surface area contributed by atoms with Gasteiger partial charge in [0.1, 0.15) is 0 Å². The first kappa shape index (κ1) is 16.8. The summed E-state index contributed by atoms with van der Waals surface area (Å²) < 4.78 is 0. The van der Waals surface area contributed by atoms with Gasteiger partial charge in [-0.25, -0.2) is 4.79 Å². The number of urea groups is 1. The maximum atomic E-state index is 11.8. The third-order valence-electron chi connectivity index (χ3n) is 3.99. The number of carboxylic acids is 1. The summed E-state index contributed by atoms with van der Waals surface area (Å²) in [6.45, 7) is 6.83. The van der Waals surface area contributed by atoms with E-state index in [-0.39, 0.29) is 23.9 Å². The van der Waals surface area contributed by atoms with E-state index in [1.165, 1.54) is 25.7 Å². The second kappa shape index (κ2) is 7.50. The van der Waals surface area contributed by atoms with Gasteiger partial charge in [0.05, 0.1) is 6.42 Å². The molecule has 5 heteroatoms. The van der Waals surface area contributed by atoms with Gasteiger partial charge in [-0.3, -0.25) is 4.79 Å². The molecule has 1 unspecified atom stereocenters. The molecular weight excluding hydrogens is 256 g/mol. The van der Waals surface area contributed by atoms with Crippen LogP contribution >= 0.6 is 0 Å². The van der Waals surface area contributed by atoms with Crippen LogP contribution in [0.15, 0.2) is 0 Å². The van der Waals surface area contributed by atoms with Gasteiger partial charge < -0.3 is 15.7 Å². The Morgan fingerprint density at radius 2 is 1.80 bits per heavy atom. The number of hydrogen-bond acceptors (Lipinski definition) is 2. The topological polar surface area (TPSA) is 78.4 Å². The van der Waals surface area contributed by atoms with Crippen molar-refractivity contribution in [1.82, 2.24) is 10.6 Å². The summed E-state index contributed by atoms with van der Waals surface area (Å²) >= 11 is 0. The summed E-state index contributed by atoms with van der Waals surface area (Å²) in [5.74, 6) is -0.270. The Kier molecular flexibility index (Phi) is 6.30. The first-order chi connectivity index (χ1) is 9.33. The van der Waals surface area contributed by atoms with Gasteiger partial charge in [0.25, 0.3) is 0 Å². The molecule has 5 nitrogen and oxygen atoms in total. The minimum Gasteiger partial charge on any atom is -0.481 e. The summed E-state index contributed by atoms with van der Waals surface area (Å²) in [6, 6.07) is -0.606. The maximum Gasteiger partial charge on any atom is 0.315 e. The fourth-order valence-corrected chi connectivity index (χ4v) is 3.30. The number of aliphatic carboxylic acids is 1. The summed E-state index contributed by atoms with van der Waals surface area (Å²) in [5.41, 5.74) is 0.238. The third kappa shape index (κ3) is 5.80. The lowest BCUT2D eigenvalue weighted by molar-refractivity contribution is -0.137. The van der Waals surface area contributed by atoms with Crippen molar-refractivity contribution in [3.8, 4) is 0 Å². The normalized spacial score (nSPS) is 18.8. The van der Waals surface area contributed by atoms with E-state index in [1.807, 2.05) is 0 Å². The highest BCUT2D eigenvalue weighted by molar-refractivity contribution is 5.75. The van der Waals surface area contributed by atoms with Crippen molar-refractivity contribution in [2.45, 2.75) is 65.3 Å². The fourth-order valence-electron chi connectivity index (χ4n) is 3.30. The Balaban J connectivity index is 2.39. The average Bonchev–Trinajstić information content (AvgIpc) is 2.73. The molecule has 0 aliphatic heterocycles. The minimum absolute atomic E-state index is 0.0510. The first-order valence-corrected chi connectivity index (χ1v) is 7.59. The Morgan fingerprint density at radius 3 is 2.30 bits per heavy atom. The molecule has 2 amide bonds. The number of carbonyl (C=O) groups excluding carboxylic acids is 1. The first-order valence-electron chi connectivity index (χ1n) is 7.59. The number of nitrogens with one attached hydrogen (secondary N) is 2. The standard InChI is InChI=1S/C15H28N2O3/c1-11(2)9-15(6-4-5-7-15)10-16-14(20)17-12(3)8-13(18)19/h11-12H,4-10H2,1-3H3,(H,18,19)(H2,16,17,20). The van der Waals surface area contributed by atoms with E-state index in [1.54, 1.807) is 6.92 Å². The van der Waals surface area contributed by atoms with Gasteiger partial charge >= 0.3 is 12.0 Å². The van der Waals surface area contributed by atoms with E-state index < -0.39 is 5.97 Å². The molecule has 1 aliphatic carbocycles. The highest BCUT2D eigenvalue weighted by atomic mass is 16.4. The Morgan fingerprint density at radius 1 is 1.20 bits per heavy atom. The lowest BCUT2D eigenvalue weighted by Crippen LogP contribution is -2.45. The van der Waals surface area contributed by atoms with Crippen molar-refractivity contribution in [1.29, 1.82) is 0 Å². The number of rotatable bonds is 7. The van der Waals surface area contributed by atoms with Crippen LogP contribution in [0.3, 0.4) is 0 Å². The molecule has 0 aromatic heterocycles. The van der Waals surface area contributed by atoms with Crippen molar-refractivity contribution in [3.05, 3.63) is 0 Å². The minimum atomic E-state index is -0.898. The molecule has 0 bridgehead atoms. The van der Waals surface area contributed by atoms with Crippen molar-refractivity contribution in [3.63, 3.8) is 0 Å². The molecule has 1 aliphatic rings. The van der Waals surface area contributed by atoms with Crippen LogP contribution in [0.4, 0.5) is 4.79 Å². The van der Waals surface area contributed by atoms with Crippen LogP contribution in [0.2, 0.25) is 0 Å². The van der Waals surface area contributed by atoms with Crippen LogP contribution in [0.1, 0.15) is 59.3 Å². The summed E-state index contributed by atoms with van der Waals surface area (Å²) in [5, 5.41) is 14.3. The Labute approximate surface area is 121 Å². The SMILES string of the molecule is CC(C)CC1(CNC(=O)NC(C)CC(=O)O)CCCC1. The van der Waals surface area contributed by atoms with Crippen molar-refractivity contribution < 1.29 is 14.7 Å². The molecule has 1 rings (SSSR count). The zero-order chi connectivity index (χ0) is 15.2. The lowest BCUT2D eigenvalue weighted by Gasteiger charge is -2.31. The molecule has 3 N–H and O–H groups in total. The molecular formula is C15H28N2O3. The van der Waals surface area contributed by atoms with Gasteiger partial charge in [-0.15, -0.1) is 0 Å². The number of carboxylic acid groups (broad SMARTS) is 1. The predicted molar refractivity (Wildman–Crippen MR) is 78.6 cm³/mol. The predicted octanol–water partition coefficient (Wildman–Crippen LogP) is 2.76. The van der Waals surface area contributed by atoms with Gasteiger partial charge in [-0.1, -0.05) is 26.7 Å². The molecule has 1 fully saturated rings. The lowest BCUT2D eigenvalue weighted by atomic mass is 9.78. The fraction of sp³-hybridized carbons (Fsp3) is 0.867. The maximum absolute atomic E-state index is 11.8. The average molecular weight is 284 g/mol.